The van der Waals surface area contributed by atoms with Crippen molar-refractivity contribution in [3.05, 3.63) is 59.7 Å². The number of nitrogens with two attached hydrogens (primary N) is 1. The smallest absolute Gasteiger partial charge is 0.244 e. The third-order valence-electron chi connectivity index (χ3n) is 3.01. The van der Waals surface area contributed by atoms with Crippen LogP contribution in [0.15, 0.2) is 48.5 Å². The number of methoxy groups -OCH3 is 1. The maximum Gasteiger partial charge on any atom is 0.244 e. The summed E-state index contributed by atoms with van der Waals surface area (Å²) in [6.07, 6.45) is 0. The number of benzene rings is 2. The number of rotatable bonds is 5. The van der Waals surface area contributed by atoms with Gasteiger partial charge >= 0.3 is 0 Å². The monoisotopic (exact) mass is 281 g/mol. The first kappa shape index (κ1) is 14.4. The average Bonchev–Trinajstić information content (AvgIpc) is 2.52. The molecule has 0 radical (unpaired) electrons. The van der Waals surface area contributed by atoms with Crippen molar-refractivity contribution in [2.75, 3.05) is 12.4 Å². The third-order valence-corrected chi connectivity index (χ3v) is 3.01. The standard InChI is InChI=1S/C16H15N3O2/c1-21-14-7-3-6-13(9-14)19-15(16(18)20)12-5-2-4-11(8-12)10-17/h2-9,15,19H,1H3,(H2,18,20). The van der Waals surface area contributed by atoms with Crippen molar-refractivity contribution in [2.45, 2.75) is 6.04 Å². The third kappa shape index (κ3) is 3.51. The second-order valence-electron chi connectivity index (χ2n) is 4.45. The number of hydrogen-bond acceptors (Lipinski definition) is 4. The first-order chi connectivity index (χ1) is 10.1. The molecule has 1 unspecified atom stereocenters. The summed E-state index contributed by atoms with van der Waals surface area (Å²) >= 11 is 0. The molecule has 2 rings (SSSR count). The molecule has 0 fully saturated rings. The van der Waals surface area contributed by atoms with Crippen LogP contribution in [0.3, 0.4) is 0 Å². The lowest BCUT2D eigenvalue weighted by molar-refractivity contribution is -0.118. The van der Waals surface area contributed by atoms with E-state index in [2.05, 4.69) is 5.32 Å². The van der Waals surface area contributed by atoms with Crippen LogP contribution in [0, 0.1) is 11.3 Å². The van der Waals surface area contributed by atoms with Crippen LogP contribution in [0.25, 0.3) is 0 Å². The van der Waals surface area contributed by atoms with Crippen LogP contribution in [0.1, 0.15) is 17.2 Å². The van der Waals surface area contributed by atoms with Crippen molar-refractivity contribution >= 4 is 11.6 Å². The molecule has 106 valence electrons. The lowest BCUT2D eigenvalue weighted by Crippen LogP contribution is -2.27. The molecule has 0 aliphatic rings. The SMILES string of the molecule is COc1cccc(NC(C(N)=O)c2cccc(C#N)c2)c1. The first-order valence-electron chi connectivity index (χ1n) is 6.34. The number of nitrogens with one attached hydrogen (secondary N) is 1. The predicted molar refractivity (Wildman–Crippen MR) is 79.7 cm³/mol. The number of nitriles is 1. The van der Waals surface area contributed by atoms with Gasteiger partial charge in [0.1, 0.15) is 11.8 Å². The highest BCUT2D eigenvalue weighted by Gasteiger charge is 2.18. The number of hydrogen-bond donors (Lipinski definition) is 2. The Hall–Kier alpha value is -3.00. The second-order valence-corrected chi connectivity index (χ2v) is 4.45. The Balaban J connectivity index is 2.31. The number of carbonyl (C=O) groups excluding carboxylic acids is 1. The summed E-state index contributed by atoms with van der Waals surface area (Å²) < 4.78 is 5.14. The van der Waals surface area contributed by atoms with E-state index in [0.29, 0.717) is 22.6 Å². The molecule has 0 saturated heterocycles. The Morgan fingerprint density at radius 2 is 2.05 bits per heavy atom. The van der Waals surface area contributed by atoms with Crippen molar-refractivity contribution in [2.24, 2.45) is 5.73 Å². The summed E-state index contributed by atoms with van der Waals surface area (Å²) in [7, 11) is 1.57. The largest absolute Gasteiger partial charge is 0.497 e. The predicted octanol–water partition coefficient (Wildman–Crippen LogP) is 2.21. The van der Waals surface area contributed by atoms with E-state index < -0.39 is 11.9 Å². The van der Waals surface area contributed by atoms with Gasteiger partial charge in [-0.15, -0.1) is 0 Å². The summed E-state index contributed by atoms with van der Waals surface area (Å²) in [6.45, 7) is 0. The average molecular weight is 281 g/mol. The Morgan fingerprint density at radius 3 is 2.71 bits per heavy atom. The molecule has 0 aliphatic heterocycles. The molecule has 0 bridgehead atoms. The summed E-state index contributed by atoms with van der Waals surface area (Å²) in [5, 5.41) is 12.0. The zero-order valence-corrected chi connectivity index (χ0v) is 11.5. The van der Waals surface area contributed by atoms with Gasteiger partial charge in [-0.05, 0) is 29.8 Å². The molecule has 0 heterocycles. The van der Waals surface area contributed by atoms with E-state index in [1.165, 1.54) is 0 Å². The topological polar surface area (TPSA) is 88.1 Å². The number of nitrogens with zero attached hydrogens (tertiary/aromatic N) is 1. The molecule has 2 aromatic rings. The lowest BCUT2D eigenvalue weighted by Gasteiger charge is -2.17. The van der Waals surface area contributed by atoms with E-state index in [9.17, 15) is 4.79 Å². The highest BCUT2D eigenvalue weighted by molar-refractivity contribution is 5.84. The fraction of sp³-hybridized carbons (Fsp3) is 0.125. The van der Waals surface area contributed by atoms with Crippen LogP contribution in [-0.2, 0) is 4.79 Å². The molecular weight excluding hydrogens is 266 g/mol. The summed E-state index contributed by atoms with van der Waals surface area (Å²) in [4.78, 5) is 11.7. The van der Waals surface area contributed by atoms with E-state index in [-0.39, 0.29) is 0 Å². The van der Waals surface area contributed by atoms with Crippen LogP contribution in [0.4, 0.5) is 5.69 Å². The number of anilines is 1. The Bertz CT molecular complexity index is 692. The van der Waals surface area contributed by atoms with Gasteiger partial charge < -0.3 is 15.8 Å². The molecule has 0 spiro atoms. The van der Waals surface area contributed by atoms with Crippen molar-refractivity contribution in [1.82, 2.24) is 0 Å². The Kier molecular flexibility index (Phi) is 4.42. The molecule has 5 nitrogen and oxygen atoms in total. The van der Waals surface area contributed by atoms with Crippen LogP contribution < -0.4 is 15.8 Å². The van der Waals surface area contributed by atoms with Gasteiger partial charge in [0.15, 0.2) is 0 Å². The molecule has 0 aromatic heterocycles. The van der Waals surface area contributed by atoms with E-state index in [4.69, 9.17) is 15.7 Å². The molecular formula is C16H15N3O2. The summed E-state index contributed by atoms with van der Waals surface area (Å²) in [5.74, 6) is 0.155. The van der Waals surface area contributed by atoms with Crippen molar-refractivity contribution in [1.29, 1.82) is 5.26 Å². The maximum atomic E-state index is 11.7. The number of primary amides is 1. The van der Waals surface area contributed by atoms with Crippen molar-refractivity contribution in [3.63, 3.8) is 0 Å². The molecule has 5 heteroatoms. The number of ether oxygens (including phenoxy) is 1. The summed E-state index contributed by atoms with van der Waals surface area (Å²) in [6, 6.07) is 15.3. The normalized spacial score (nSPS) is 11.2. The zero-order valence-electron chi connectivity index (χ0n) is 11.5. The van der Waals surface area contributed by atoms with Gasteiger partial charge in [-0.25, -0.2) is 0 Å². The number of carbonyl (C=O) groups is 1. The summed E-state index contributed by atoms with van der Waals surface area (Å²) in [5.41, 5.74) is 7.29. The Morgan fingerprint density at radius 1 is 1.29 bits per heavy atom. The first-order valence-corrected chi connectivity index (χ1v) is 6.34. The fourth-order valence-corrected chi connectivity index (χ4v) is 1.99. The molecule has 2 aromatic carbocycles. The highest BCUT2D eigenvalue weighted by atomic mass is 16.5. The molecule has 0 saturated carbocycles. The minimum Gasteiger partial charge on any atom is -0.497 e. The van der Waals surface area contributed by atoms with Crippen molar-refractivity contribution < 1.29 is 9.53 Å². The maximum absolute atomic E-state index is 11.7. The number of amides is 1. The quantitative estimate of drug-likeness (QED) is 0.879. The molecule has 0 aliphatic carbocycles. The Labute approximate surface area is 123 Å². The molecule has 3 N–H and O–H groups in total. The van der Waals surface area contributed by atoms with Gasteiger partial charge in [0.05, 0.1) is 18.7 Å². The minimum absolute atomic E-state index is 0.478. The van der Waals surface area contributed by atoms with Gasteiger partial charge in [-0.1, -0.05) is 18.2 Å². The van der Waals surface area contributed by atoms with Crippen LogP contribution in [-0.4, -0.2) is 13.0 Å². The molecule has 1 amide bonds. The highest BCUT2D eigenvalue weighted by Crippen LogP contribution is 2.23. The van der Waals surface area contributed by atoms with Crippen LogP contribution in [0.5, 0.6) is 5.75 Å². The molecule has 1 atom stereocenters. The van der Waals surface area contributed by atoms with E-state index in [0.717, 1.165) is 0 Å². The van der Waals surface area contributed by atoms with E-state index in [1.54, 1.807) is 43.5 Å². The van der Waals surface area contributed by atoms with Crippen LogP contribution in [0.2, 0.25) is 0 Å². The fourth-order valence-electron chi connectivity index (χ4n) is 1.99. The molecule has 21 heavy (non-hydrogen) atoms. The second kappa shape index (κ2) is 6.44. The van der Waals surface area contributed by atoms with E-state index in [1.807, 2.05) is 18.2 Å². The van der Waals surface area contributed by atoms with Gasteiger partial charge in [-0.2, -0.15) is 5.26 Å². The van der Waals surface area contributed by atoms with Gasteiger partial charge in [0.2, 0.25) is 5.91 Å². The minimum atomic E-state index is -0.717. The van der Waals surface area contributed by atoms with Gasteiger partial charge in [0, 0.05) is 11.8 Å². The zero-order chi connectivity index (χ0) is 15.2. The van der Waals surface area contributed by atoms with Crippen LogP contribution >= 0.6 is 0 Å². The van der Waals surface area contributed by atoms with Crippen molar-refractivity contribution in [3.8, 4) is 11.8 Å². The van der Waals surface area contributed by atoms with E-state index >= 15 is 0 Å². The lowest BCUT2D eigenvalue weighted by atomic mass is 10.0. The van der Waals surface area contributed by atoms with Gasteiger partial charge in [0.25, 0.3) is 0 Å². The van der Waals surface area contributed by atoms with Gasteiger partial charge in [-0.3, -0.25) is 4.79 Å².